The molecule has 0 bridgehead atoms. The maximum absolute atomic E-state index is 11.7. The summed E-state index contributed by atoms with van der Waals surface area (Å²) in [7, 11) is 0. The summed E-state index contributed by atoms with van der Waals surface area (Å²) < 4.78 is 0. The largest absolute Gasteiger partial charge is 0.343 e. The molecule has 1 amide bonds. The van der Waals surface area contributed by atoms with Gasteiger partial charge < -0.3 is 10.2 Å². The first-order valence-corrected chi connectivity index (χ1v) is 6.64. The van der Waals surface area contributed by atoms with Crippen molar-refractivity contribution in [1.82, 2.24) is 10.2 Å². The maximum atomic E-state index is 11.7. The highest BCUT2D eigenvalue weighted by atomic mass is 16.2. The van der Waals surface area contributed by atoms with E-state index >= 15 is 0 Å². The minimum atomic E-state index is 0.264. The molecule has 0 spiro atoms. The minimum Gasteiger partial charge on any atom is -0.343 e. The van der Waals surface area contributed by atoms with Crippen LogP contribution in [0.15, 0.2) is 0 Å². The van der Waals surface area contributed by atoms with Crippen LogP contribution in [-0.4, -0.2) is 37.0 Å². The molecule has 0 saturated heterocycles. The Morgan fingerprint density at radius 2 is 1.88 bits per heavy atom. The smallest absolute Gasteiger partial charge is 0.223 e. The summed E-state index contributed by atoms with van der Waals surface area (Å²) >= 11 is 0. The van der Waals surface area contributed by atoms with Crippen molar-refractivity contribution in [3.63, 3.8) is 0 Å². The first-order chi connectivity index (χ1) is 7.65. The Hall–Kier alpha value is -0.570. The summed E-state index contributed by atoms with van der Waals surface area (Å²) in [6.07, 6.45) is 3.12. The summed E-state index contributed by atoms with van der Waals surface area (Å²) in [5.74, 6) is 0.981. The third kappa shape index (κ3) is 6.83. The average molecular weight is 228 g/mol. The predicted molar refractivity (Wildman–Crippen MR) is 69.5 cm³/mol. The van der Waals surface area contributed by atoms with Crippen molar-refractivity contribution in [2.75, 3.05) is 26.2 Å². The van der Waals surface area contributed by atoms with Gasteiger partial charge in [0.2, 0.25) is 5.91 Å². The van der Waals surface area contributed by atoms with E-state index in [1.807, 2.05) is 18.7 Å². The molecule has 16 heavy (non-hydrogen) atoms. The molecule has 0 saturated carbocycles. The van der Waals surface area contributed by atoms with Crippen LogP contribution in [0.2, 0.25) is 0 Å². The van der Waals surface area contributed by atoms with Crippen molar-refractivity contribution in [3.8, 4) is 0 Å². The number of nitrogens with zero attached hydrogens (tertiary/aromatic N) is 1. The summed E-state index contributed by atoms with van der Waals surface area (Å²) in [4.78, 5) is 13.5. The standard InChI is InChI=1S/C13H28N2O/c1-5-8-12(4)11-14-10-9-13(16)15(6-2)7-3/h12,14H,5-11H2,1-4H3. The topological polar surface area (TPSA) is 32.3 Å². The zero-order valence-electron chi connectivity index (χ0n) is 11.4. The van der Waals surface area contributed by atoms with Gasteiger partial charge in [0, 0.05) is 26.1 Å². The van der Waals surface area contributed by atoms with Crippen LogP contribution in [0.25, 0.3) is 0 Å². The molecule has 96 valence electrons. The average Bonchev–Trinajstić information content (AvgIpc) is 2.26. The molecule has 0 aliphatic heterocycles. The second-order valence-corrected chi connectivity index (χ2v) is 4.41. The molecule has 0 aromatic carbocycles. The van der Waals surface area contributed by atoms with Crippen LogP contribution in [-0.2, 0) is 4.79 Å². The molecule has 1 unspecified atom stereocenters. The van der Waals surface area contributed by atoms with Crippen LogP contribution in [0.4, 0.5) is 0 Å². The molecule has 0 aliphatic carbocycles. The fraction of sp³-hybridized carbons (Fsp3) is 0.923. The van der Waals surface area contributed by atoms with Crippen molar-refractivity contribution in [2.45, 2.75) is 47.0 Å². The molecule has 0 heterocycles. The molecule has 1 atom stereocenters. The Labute approximate surface area is 101 Å². The summed E-state index contributed by atoms with van der Waals surface area (Å²) in [6, 6.07) is 0. The Morgan fingerprint density at radius 1 is 1.25 bits per heavy atom. The Morgan fingerprint density at radius 3 is 2.38 bits per heavy atom. The summed E-state index contributed by atoms with van der Waals surface area (Å²) in [6.45, 7) is 12.0. The number of rotatable bonds is 9. The fourth-order valence-corrected chi connectivity index (χ4v) is 1.87. The van der Waals surface area contributed by atoms with Gasteiger partial charge in [0.05, 0.1) is 0 Å². The maximum Gasteiger partial charge on any atom is 0.223 e. The lowest BCUT2D eigenvalue weighted by molar-refractivity contribution is -0.130. The van der Waals surface area contributed by atoms with E-state index in [1.54, 1.807) is 0 Å². The van der Waals surface area contributed by atoms with E-state index in [0.29, 0.717) is 12.3 Å². The Balaban J connectivity index is 3.54. The van der Waals surface area contributed by atoms with Gasteiger partial charge in [-0.25, -0.2) is 0 Å². The predicted octanol–water partition coefficient (Wildman–Crippen LogP) is 2.27. The highest BCUT2D eigenvalue weighted by Gasteiger charge is 2.08. The van der Waals surface area contributed by atoms with E-state index in [9.17, 15) is 4.79 Å². The van der Waals surface area contributed by atoms with Crippen molar-refractivity contribution in [1.29, 1.82) is 0 Å². The number of carbonyl (C=O) groups excluding carboxylic acids is 1. The third-order valence-electron chi connectivity index (χ3n) is 2.91. The molecule has 0 aliphatic rings. The molecular weight excluding hydrogens is 200 g/mol. The summed E-state index contributed by atoms with van der Waals surface area (Å²) in [5, 5.41) is 3.36. The second-order valence-electron chi connectivity index (χ2n) is 4.41. The van der Waals surface area contributed by atoms with Gasteiger partial charge in [-0.05, 0) is 32.7 Å². The lowest BCUT2D eigenvalue weighted by Crippen LogP contribution is -2.33. The van der Waals surface area contributed by atoms with E-state index in [4.69, 9.17) is 0 Å². The fourth-order valence-electron chi connectivity index (χ4n) is 1.87. The zero-order chi connectivity index (χ0) is 12.4. The van der Waals surface area contributed by atoms with Crippen LogP contribution in [0, 0.1) is 5.92 Å². The number of hydrogen-bond acceptors (Lipinski definition) is 2. The van der Waals surface area contributed by atoms with Crippen molar-refractivity contribution < 1.29 is 4.79 Å². The van der Waals surface area contributed by atoms with Crippen LogP contribution >= 0.6 is 0 Å². The number of hydrogen-bond donors (Lipinski definition) is 1. The van der Waals surface area contributed by atoms with E-state index < -0.39 is 0 Å². The van der Waals surface area contributed by atoms with Gasteiger partial charge in [0.15, 0.2) is 0 Å². The first-order valence-electron chi connectivity index (χ1n) is 6.64. The van der Waals surface area contributed by atoms with Gasteiger partial charge in [-0.1, -0.05) is 20.3 Å². The van der Waals surface area contributed by atoms with E-state index in [2.05, 4.69) is 19.2 Å². The van der Waals surface area contributed by atoms with Gasteiger partial charge in [0.25, 0.3) is 0 Å². The molecule has 0 aromatic rings. The van der Waals surface area contributed by atoms with Crippen LogP contribution in [0.5, 0.6) is 0 Å². The van der Waals surface area contributed by atoms with Crippen LogP contribution < -0.4 is 5.32 Å². The normalized spacial score (nSPS) is 12.5. The zero-order valence-corrected chi connectivity index (χ0v) is 11.4. The number of nitrogens with one attached hydrogen (secondary N) is 1. The SMILES string of the molecule is CCCC(C)CNCCC(=O)N(CC)CC. The molecule has 0 rings (SSSR count). The number of amides is 1. The third-order valence-corrected chi connectivity index (χ3v) is 2.91. The summed E-state index contributed by atoms with van der Waals surface area (Å²) in [5.41, 5.74) is 0. The molecule has 3 heteroatoms. The van der Waals surface area contributed by atoms with E-state index in [-0.39, 0.29) is 5.91 Å². The van der Waals surface area contributed by atoms with Crippen molar-refractivity contribution >= 4 is 5.91 Å². The first kappa shape index (κ1) is 15.4. The van der Waals surface area contributed by atoms with Gasteiger partial charge in [-0.15, -0.1) is 0 Å². The molecule has 0 aromatic heterocycles. The highest BCUT2D eigenvalue weighted by Crippen LogP contribution is 2.02. The Kier molecular flexibility index (Phi) is 9.30. The molecule has 1 N–H and O–H groups in total. The quantitative estimate of drug-likeness (QED) is 0.614. The molecule has 0 fully saturated rings. The van der Waals surface area contributed by atoms with Crippen LogP contribution in [0.3, 0.4) is 0 Å². The Bertz CT molecular complexity index is 179. The molecule has 3 nitrogen and oxygen atoms in total. The number of carbonyl (C=O) groups is 1. The molecule has 0 radical (unpaired) electrons. The molecular formula is C13H28N2O. The van der Waals surface area contributed by atoms with E-state index in [1.165, 1.54) is 12.8 Å². The van der Waals surface area contributed by atoms with Gasteiger partial charge in [0.1, 0.15) is 0 Å². The van der Waals surface area contributed by atoms with Crippen molar-refractivity contribution in [2.24, 2.45) is 5.92 Å². The van der Waals surface area contributed by atoms with Crippen LogP contribution in [0.1, 0.15) is 47.0 Å². The van der Waals surface area contributed by atoms with Gasteiger partial charge >= 0.3 is 0 Å². The second kappa shape index (κ2) is 9.64. The lowest BCUT2D eigenvalue weighted by Gasteiger charge is -2.19. The minimum absolute atomic E-state index is 0.264. The van der Waals surface area contributed by atoms with E-state index in [0.717, 1.165) is 26.2 Å². The highest BCUT2D eigenvalue weighted by molar-refractivity contribution is 5.76. The van der Waals surface area contributed by atoms with Crippen molar-refractivity contribution in [3.05, 3.63) is 0 Å². The van der Waals surface area contributed by atoms with Gasteiger partial charge in [-0.2, -0.15) is 0 Å². The van der Waals surface area contributed by atoms with Gasteiger partial charge in [-0.3, -0.25) is 4.79 Å². The monoisotopic (exact) mass is 228 g/mol. The lowest BCUT2D eigenvalue weighted by atomic mass is 10.1.